The minimum absolute atomic E-state index is 0.00445. The number of thiazole rings is 1. The Morgan fingerprint density at radius 3 is 2.09 bits per heavy atom. The standard InChI is InChI=1S/C64H83N9O12S/c1-45(65-2)59(76)69-58(50-24-12-7-13-25-50)63(79)73-28-16-27-53(73)61(78)71-62-57(49-22-10-6-11-23-49)70-64(86-62)68-55(74)44-85-38-37-84-36-35-83-34-33-82-32-31-81-30-29-72(3)56(75)40-47-20-14-21-48(39-47)42-67-60(77)52-41-51(54(80-4)43-66-52)26-15-19-46-17-8-5-9-18-46/h5-6,8-11,14-15,17-18,20-23,26,39,41,43,45,50,53,58,65H,7,12-13,16,19,24-25,27-38,40,42,44H2,1-4H3,(H,67,77)(H,69,76)(H,71,78)(H,68,70,74)/b26-15+/t45-,53-,58-/m0/s1. The lowest BCUT2D eigenvalue weighted by Gasteiger charge is -2.35. The predicted octanol–water partition coefficient (Wildman–Crippen LogP) is 6.72. The van der Waals surface area contributed by atoms with Crippen molar-refractivity contribution in [2.75, 3.05) is 111 Å². The summed E-state index contributed by atoms with van der Waals surface area (Å²) in [6, 6.07) is 26.8. The molecule has 21 nitrogen and oxygen atoms in total. The number of anilines is 2. The molecule has 7 rings (SSSR count). The number of methoxy groups -OCH3 is 1. The van der Waals surface area contributed by atoms with E-state index in [-0.39, 0.29) is 79.1 Å². The van der Waals surface area contributed by atoms with E-state index in [4.69, 9.17) is 28.4 Å². The molecule has 0 unspecified atom stereocenters. The van der Waals surface area contributed by atoms with Crippen LogP contribution >= 0.6 is 11.3 Å². The van der Waals surface area contributed by atoms with Crippen LogP contribution in [-0.4, -0.2) is 174 Å². The minimum Gasteiger partial charge on any atom is -0.495 e. The maximum absolute atomic E-state index is 14.3. The summed E-state index contributed by atoms with van der Waals surface area (Å²) in [5, 5.41) is 15.4. The molecule has 1 saturated carbocycles. The molecule has 0 spiro atoms. The Hall–Kier alpha value is -7.44. The smallest absolute Gasteiger partial charge is 0.270 e. The van der Waals surface area contributed by atoms with E-state index in [2.05, 4.69) is 48.7 Å². The van der Waals surface area contributed by atoms with Crippen LogP contribution in [0.25, 0.3) is 17.3 Å². The second kappa shape index (κ2) is 35.9. The molecule has 1 saturated heterocycles. The summed E-state index contributed by atoms with van der Waals surface area (Å²) in [7, 11) is 5.01. The summed E-state index contributed by atoms with van der Waals surface area (Å²) < 4.78 is 33.5. The van der Waals surface area contributed by atoms with Crippen LogP contribution < -0.4 is 31.3 Å². The van der Waals surface area contributed by atoms with E-state index >= 15 is 0 Å². The SMILES string of the molecule is CN[C@@H](C)C(=O)N[C@H](C(=O)N1CCC[C@H]1C(=O)Nc1sc(NC(=O)COCCOCCOCCOCCOCCN(C)C(=O)Cc2cccc(CNC(=O)c3cc(/C=C/Cc4ccccc4)c(OC)cn3)c2)nc1-c1ccccc1)C1CCCCC1. The molecule has 2 fully saturated rings. The van der Waals surface area contributed by atoms with Crippen LogP contribution in [0.3, 0.4) is 0 Å². The highest BCUT2D eigenvalue weighted by atomic mass is 32.1. The summed E-state index contributed by atoms with van der Waals surface area (Å²) in [4.78, 5) is 92.7. The molecule has 3 heterocycles. The lowest BCUT2D eigenvalue weighted by Crippen LogP contribution is -2.57. The molecule has 1 aliphatic heterocycles. The van der Waals surface area contributed by atoms with E-state index in [1.165, 1.54) is 5.56 Å². The molecule has 2 aliphatic rings. The largest absolute Gasteiger partial charge is 0.495 e. The van der Waals surface area contributed by atoms with Crippen LogP contribution in [0.5, 0.6) is 5.75 Å². The fraction of sp³-hybridized carbons (Fsp3) is 0.469. The Morgan fingerprint density at radius 1 is 0.756 bits per heavy atom. The molecule has 462 valence electrons. The number of likely N-dealkylation sites (N-methyl/N-ethyl adjacent to an activating group) is 2. The number of carbonyl (C=O) groups excluding carboxylic acids is 6. The lowest BCUT2D eigenvalue weighted by molar-refractivity contribution is -0.142. The van der Waals surface area contributed by atoms with Gasteiger partial charge in [0.15, 0.2) is 5.13 Å². The van der Waals surface area contributed by atoms with Gasteiger partial charge in [-0.2, -0.15) is 0 Å². The van der Waals surface area contributed by atoms with Crippen molar-refractivity contribution in [1.29, 1.82) is 0 Å². The first-order valence-electron chi connectivity index (χ1n) is 29.6. The number of rotatable bonds is 35. The van der Waals surface area contributed by atoms with Gasteiger partial charge in [-0.15, -0.1) is 0 Å². The first-order valence-corrected chi connectivity index (χ1v) is 30.4. The number of carbonyl (C=O) groups is 6. The molecule has 3 atom stereocenters. The number of allylic oxidation sites excluding steroid dienone is 1. The molecule has 0 bridgehead atoms. The van der Waals surface area contributed by atoms with Crippen molar-refractivity contribution in [3.8, 4) is 17.0 Å². The van der Waals surface area contributed by atoms with Crippen molar-refractivity contribution in [3.63, 3.8) is 0 Å². The molecular formula is C64H83N9O12S. The van der Waals surface area contributed by atoms with Gasteiger partial charge in [0, 0.05) is 37.8 Å². The molecule has 1 aliphatic carbocycles. The van der Waals surface area contributed by atoms with Crippen molar-refractivity contribution in [2.24, 2.45) is 5.92 Å². The highest BCUT2D eigenvalue weighted by Crippen LogP contribution is 2.37. The monoisotopic (exact) mass is 1200 g/mol. The topological polar surface area (TPSA) is 250 Å². The number of nitrogens with zero attached hydrogens (tertiary/aromatic N) is 4. The lowest BCUT2D eigenvalue weighted by atomic mass is 9.83. The Labute approximate surface area is 508 Å². The third-order valence-corrected chi connectivity index (χ3v) is 15.8. The number of ether oxygens (including phenoxy) is 6. The molecular weight excluding hydrogens is 1120 g/mol. The molecule has 86 heavy (non-hydrogen) atoms. The van der Waals surface area contributed by atoms with E-state index < -0.39 is 24.0 Å². The summed E-state index contributed by atoms with van der Waals surface area (Å²) in [5.74, 6) is -1.08. The van der Waals surface area contributed by atoms with E-state index in [0.29, 0.717) is 88.6 Å². The van der Waals surface area contributed by atoms with Gasteiger partial charge < -0.3 is 59.5 Å². The zero-order chi connectivity index (χ0) is 60.9. The van der Waals surface area contributed by atoms with E-state index in [0.717, 1.165) is 72.1 Å². The van der Waals surface area contributed by atoms with Crippen molar-refractivity contribution < 1.29 is 57.2 Å². The Kier molecular flexibility index (Phi) is 27.6. The zero-order valence-corrected chi connectivity index (χ0v) is 50.7. The molecule has 3 aromatic carbocycles. The van der Waals surface area contributed by atoms with Gasteiger partial charge in [0.1, 0.15) is 40.8 Å². The number of likely N-dealkylation sites (tertiary alicyclic amines) is 1. The van der Waals surface area contributed by atoms with Gasteiger partial charge in [0.25, 0.3) is 11.8 Å². The van der Waals surface area contributed by atoms with Crippen molar-refractivity contribution in [1.82, 2.24) is 35.7 Å². The number of aromatic nitrogens is 2. The number of pyridine rings is 1. The zero-order valence-electron chi connectivity index (χ0n) is 49.9. The van der Waals surface area contributed by atoms with Gasteiger partial charge >= 0.3 is 0 Å². The van der Waals surface area contributed by atoms with Gasteiger partial charge in [-0.25, -0.2) is 9.97 Å². The number of hydrogen-bond donors (Lipinski definition) is 5. The van der Waals surface area contributed by atoms with Crippen LogP contribution in [-0.2, 0) is 67.0 Å². The Balaban J connectivity index is 0.715. The van der Waals surface area contributed by atoms with Gasteiger partial charge in [0.2, 0.25) is 23.6 Å². The number of benzene rings is 3. The molecule has 5 N–H and O–H groups in total. The van der Waals surface area contributed by atoms with Crippen LogP contribution in [0.15, 0.2) is 103 Å². The second-order valence-electron chi connectivity index (χ2n) is 21.1. The van der Waals surface area contributed by atoms with Crippen LogP contribution in [0.1, 0.15) is 84.6 Å². The summed E-state index contributed by atoms with van der Waals surface area (Å²) in [6.45, 7) is 5.49. The van der Waals surface area contributed by atoms with Crippen LogP contribution in [0, 0.1) is 5.92 Å². The van der Waals surface area contributed by atoms with Gasteiger partial charge in [0.05, 0.1) is 85.2 Å². The van der Waals surface area contributed by atoms with Crippen LogP contribution in [0.4, 0.5) is 10.1 Å². The maximum Gasteiger partial charge on any atom is 0.270 e. The highest BCUT2D eigenvalue weighted by molar-refractivity contribution is 7.20. The van der Waals surface area contributed by atoms with Crippen molar-refractivity contribution >= 4 is 63.0 Å². The highest BCUT2D eigenvalue weighted by Gasteiger charge is 2.41. The third-order valence-electron chi connectivity index (χ3n) is 14.9. The number of nitrogens with one attached hydrogen (secondary N) is 5. The molecule has 0 radical (unpaired) electrons. The average molecular weight is 1200 g/mol. The minimum atomic E-state index is -0.738. The normalized spacial score (nSPS) is 15.0. The third kappa shape index (κ3) is 21.2. The molecule has 2 aromatic heterocycles. The fourth-order valence-electron chi connectivity index (χ4n) is 9.96. The van der Waals surface area contributed by atoms with E-state index in [9.17, 15) is 28.8 Å². The molecule has 5 aromatic rings. The summed E-state index contributed by atoms with van der Waals surface area (Å²) >= 11 is 1.12. The average Bonchev–Trinajstić information content (AvgIpc) is 3.22. The summed E-state index contributed by atoms with van der Waals surface area (Å²) in [5.41, 5.74) is 5.10. The maximum atomic E-state index is 14.3. The fourth-order valence-corrected chi connectivity index (χ4v) is 10.9. The van der Waals surface area contributed by atoms with Crippen molar-refractivity contribution in [2.45, 2.75) is 89.4 Å². The second-order valence-corrected chi connectivity index (χ2v) is 22.1. The van der Waals surface area contributed by atoms with Crippen molar-refractivity contribution in [3.05, 3.63) is 131 Å². The molecule has 6 amide bonds. The predicted molar refractivity (Wildman–Crippen MR) is 330 cm³/mol. The summed E-state index contributed by atoms with van der Waals surface area (Å²) in [6.07, 6.45) is 12.3. The number of hydrogen-bond acceptors (Lipinski definition) is 16. The van der Waals surface area contributed by atoms with Gasteiger partial charge in [-0.05, 0) is 74.8 Å². The molecule has 22 heteroatoms. The Bertz CT molecular complexity index is 2980. The quantitative estimate of drug-likeness (QED) is 0.0264. The van der Waals surface area contributed by atoms with Crippen LogP contribution in [0.2, 0.25) is 0 Å². The first-order chi connectivity index (χ1) is 41.9. The Morgan fingerprint density at radius 2 is 1.41 bits per heavy atom. The number of amides is 6. The van der Waals surface area contributed by atoms with Gasteiger partial charge in [-0.3, -0.25) is 34.1 Å². The first kappa shape index (κ1) is 66.1. The van der Waals surface area contributed by atoms with Gasteiger partial charge in [-0.1, -0.05) is 128 Å². The van der Waals surface area contributed by atoms with E-state index in [1.807, 2.05) is 84.9 Å². The van der Waals surface area contributed by atoms with E-state index in [1.54, 1.807) is 50.2 Å².